The molecule has 1 aliphatic rings. The molecule has 0 unspecified atom stereocenters. The molecule has 1 amide bonds. The molecule has 0 N–H and O–H groups in total. The molecule has 0 saturated carbocycles. The van der Waals surface area contributed by atoms with Crippen LogP contribution in [0, 0.1) is 0 Å². The molecule has 1 aliphatic heterocycles. The Hall–Kier alpha value is -1.47. The summed E-state index contributed by atoms with van der Waals surface area (Å²) in [6.45, 7) is -1.10. The van der Waals surface area contributed by atoms with Crippen LogP contribution in [0.4, 0.5) is 13.2 Å². The van der Waals surface area contributed by atoms with E-state index in [4.69, 9.17) is 5.53 Å². The highest BCUT2D eigenvalue weighted by molar-refractivity contribution is 5.78. The van der Waals surface area contributed by atoms with Gasteiger partial charge in [-0.3, -0.25) is 4.79 Å². The molecular weight excluding hydrogens is 241 g/mol. The third-order valence-corrected chi connectivity index (χ3v) is 2.76. The first-order valence-electron chi connectivity index (χ1n) is 4.77. The van der Waals surface area contributed by atoms with Gasteiger partial charge in [0.2, 0.25) is 5.91 Å². The average Bonchev–Trinajstić information content (AvgIpc) is 2.70. The quantitative estimate of drug-likeness (QED) is 0.433. The third kappa shape index (κ3) is 2.62. The van der Waals surface area contributed by atoms with E-state index < -0.39 is 30.8 Å². The van der Waals surface area contributed by atoms with E-state index in [2.05, 4.69) is 14.8 Å². The number of rotatable bonds is 3. The molecule has 0 radical (unpaired) electrons. The summed E-state index contributed by atoms with van der Waals surface area (Å²) in [5, 5.41) is 3.02. The lowest BCUT2D eigenvalue weighted by Gasteiger charge is -2.30. The largest absolute Gasteiger partial charge is 0.419 e. The molecule has 17 heavy (non-hydrogen) atoms. The number of ether oxygens (including phenoxy) is 1. The lowest BCUT2D eigenvalue weighted by atomic mass is 10.0. The molecule has 0 aromatic carbocycles. The van der Waals surface area contributed by atoms with Crippen LogP contribution in [-0.2, 0) is 9.53 Å². The zero-order chi connectivity index (χ0) is 13.1. The van der Waals surface area contributed by atoms with E-state index in [1.54, 1.807) is 0 Å². The van der Waals surface area contributed by atoms with Crippen molar-refractivity contribution in [3.05, 3.63) is 10.4 Å². The van der Waals surface area contributed by atoms with Crippen LogP contribution in [0.25, 0.3) is 10.4 Å². The Bertz CT molecular complexity index is 353. The van der Waals surface area contributed by atoms with Gasteiger partial charge in [0.15, 0.2) is 5.60 Å². The summed E-state index contributed by atoms with van der Waals surface area (Å²) in [7, 11) is 0.967. The van der Waals surface area contributed by atoms with Crippen LogP contribution in [0.1, 0.15) is 6.42 Å². The Balaban J connectivity index is 2.74. The molecule has 1 saturated heterocycles. The molecule has 0 aromatic heterocycles. The summed E-state index contributed by atoms with van der Waals surface area (Å²) >= 11 is 0. The van der Waals surface area contributed by atoms with Gasteiger partial charge in [0.05, 0.1) is 6.54 Å². The van der Waals surface area contributed by atoms with Crippen molar-refractivity contribution in [2.75, 3.05) is 26.7 Å². The number of halogens is 3. The van der Waals surface area contributed by atoms with Crippen LogP contribution in [0.2, 0.25) is 0 Å². The zero-order valence-electron chi connectivity index (χ0n) is 9.07. The van der Waals surface area contributed by atoms with Crippen molar-refractivity contribution < 1.29 is 22.7 Å². The fraction of sp³-hybridized carbons (Fsp3) is 0.875. The Labute approximate surface area is 95.0 Å². The molecule has 1 atom stereocenters. The first-order valence-corrected chi connectivity index (χ1v) is 4.77. The Morgan fingerprint density at radius 3 is 2.71 bits per heavy atom. The number of nitrogens with zero attached hydrogens (tertiary/aromatic N) is 4. The fourth-order valence-corrected chi connectivity index (χ4v) is 1.70. The minimum absolute atomic E-state index is 0.0624. The SMILES string of the molecule is CO[C@]1(C(F)(F)F)CCN(C(=O)CN=[N+]=[N-])C1. The number of azide groups is 1. The van der Waals surface area contributed by atoms with E-state index >= 15 is 0 Å². The van der Waals surface area contributed by atoms with Gasteiger partial charge in [-0.2, -0.15) is 13.2 Å². The van der Waals surface area contributed by atoms with Crippen LogP contribution >= 0.6 is 0 Å². The molecule has 1 rings (SSSR count). The number of carbonyl (C=O) groups excluding carboxylic acids is 1. The van der Waals surface area contributed by atoms with Gasteiger partial charge in [-0.25, -0.2) is 0 Å². The lowest BCUT2D eigenvalue weighted by molar-refractivity contribution is -0.263. The van der Waals surface area contributed by atoms with Gasteiger partial charge >= 0.3 is 6.18 Å². The smallest absolute Gasteiger partial charge is 0.367 e. The predicted molar refractivity (Wildman–Crippen MR) is 51.0 cm³/mol. The van der Waals surface area contributed by atoms with Crippen molar-refractivity contribution in [3.63, 3.8) is 0 Å². The first-order chi connectivity index (χ1) is 7.86. The third-order valence-electron chi connectivity index (χ3n) is 2.76. The number of alkyl halides is 3. The van der Waals surface area contributed by atoms with Crippen molar-refractivity contribution >= 4 is 5.91 Å². The van der Waals surface area contributed by atoms with Crippen LogP contribution in [0.3, 0.4) is 0 Å². The van der Waals surface area contributed by atoms with Gasteiger partial charge in [0.25, 0.3) is 0 Å². The van der Waals surface area contributed by atoms with Crippen molar-refractivity contribution in [2.45, 2.75) is 18.2 Å². The second-order valence-corrected chi connectivity index (χ2v) is 3.65. The molecule has 0 aliphatic carbocycles. The number of hydrogen-bond donors (Lipinski definition) is 0. The number of amides is 1. The molecular formula is C8H11F3N4O2. The van der Waals surface area contributed by atoms with Gasteiger partial charge in [0, 0.05) is 25.0 Å². The molecule has 0 aromatic rings. The Morgan fingerprint density at radius 2 is 2.29 bits per heavy atom. The zero-order valence-corrected chi connectivity index (χ0v) is 9.07. The van der Waals surface area contributed by atoms with E-state index in [-0.39, 0.29) is 13.0 Å². The molecule has 0 spiro atoms. The number of methoxy groups -OCH3 is 1. The molecule has 96 valence electrons. The number of hydrogen-bond acceptors (Lipinski definition) is 3. The van der Waals surface area contributed by atoms with E-state index in [0.29, 0.717) is 0 Å². The summed E-state index contributed by atoms with van der Waals surface area (Å²) in [6.07, 6.45) is -4.84. The number of carbonyl (C=O) groups is 1. The summed E-state index contributed by atoms with van der Waals surface area (Å²) in [6, 6.07) is 0. The van der Waals surface area contributed by atoms with Crippen LogP contribution in [0.15, 0.2) is 5.11 Å². The summed E-state index contributed by atoms with van der Waals surface area (Å²) in [5.41, 5.74) is 5.71. The molecule has 0 bridgehead atoms. The van der Waals surface area contributed by atoms with Crippen molar-refractivity contribution in [1.29, 1.82) is 0 Å². The van der Waals surface area contributed by atoms with Crippen molar-refractivity contribution in [3.8, 4) is 0 Å². The highest BCUT2D eigenvalue weighted by Crippen LogP contribution is 2.40. The van der Waals surface area contributed by atoms with Gasteiger partial charge in [-0.1, -0.05) is 5.11 Å². The molecule has 6 nitrogen and oxygen atoms in total. The van der Waals surface area contributed by atoms with Gasteiger partial charge in [0.1, 0.15) is 6.54 Å². The van der Waals surface area contributed by atoms with E-state index in [9.17, 15) is 18.0 Å². The standard InChI is InChI=1S/C8H11F3N4O2/c1-17-7(8(9,10)11)2-3-15(5-7)6(16)4-13-14-12/h2-5H2,1H3/t7-/m1/s1. The average molecular weight is 252 g/mol. The number of likely N-dealkylation sites (tertiary alicyclic amines) is 1. The maximum absolute atomic E-state index is 12.8. The first kappa shape index (κ1) is 13.6. The summed E-state index contributed by atoms with van der Waals surface area (Å²) in [4.78, 5) is 14.7. The monoisotopic (exact) mass is 252 g/mol. The normalized spacial score (nSPS) is 24.6. The second-order valence-electron chi connectivity index (χ2n) is 3.65. The fourth-order valence-electron chi connectivity index (χ4n) is 1.70. The second kappa shape index (κ2) is 4.80. The van der Waals surface area contributed by atoms with Gasteiger partial charge in [-0.15, -0.1) is 0 Å². The maximum Gasteiger partial charge on any atom is 0.419 e. The lowest BCUT2D eigenvalue weighted by Crippen LogP contribution is -2.49. The van der Waals surface area contributed by atoms with Gasteiger partial charge in [-0.05, 0) is 5.53 Å². The molecule has 1 heterocycles. The van der Waals surface area contributed by atoms with Crippen molar-refractivity contribution in [2.24, 2.45) is 5.11 Å². The highest BCUT2D eigenvalue weighted by atomic mass is 19.4. The summed E-state index contributed by atoms with van der Waals surface area (Å²) in [5.74, 6) is -0.633. The Kier molecular flexibility index (Phi) is 3.84. The Morgan fingerprint density at radius 1 is 1.65 bits per heavy atom. The van der Waals surface area contributed by atoms with Crippen LogP contribution < -0.4 is 0 Å². The minimum Gasteiger partial charge on any atom is -0.367 e. The van der Waals surface area contributed by atoms with E-state index in [0.717, 1.165) is 12.0 Å². The minimum atomic E-state index is -4.53. The molecule has 1 fully saturated rings. The summed E-state index contributed by atoms with van der Waals surface area (Å²) < 4.78 is 42.8. The van der Waals surface area contributed by atoms with Crippen molar-refractivity contribution in [1.82, 2.24) is 4.90 Å². The van der Waals surface area contributed by atoms with Gasteiger partial charge < -0.3 is 9.64 Å². The highest BCUT2D eigenvalue weighted by Gasteiger charge is 2.59. The van der Waals surface area contributed by atoms with Crippen LogP contribution in [-0.4, -0.2) is 49.3 Å². The maximum atomic E-state index is 12.8. The van der Waals surface area contributed by atoms with Crippen LogP contribution in [0.5, 0.6) is 0 Å². The topological polar surface area (TPSA) is 78.3 Å². The van der Waals surface area contributed by atoms with E-state index in [1.807, 2.05) is 0 Å². The molecule has 9 heteroatoms. The predicted octanol–water partition coefficient (Wildman–Crippen LogP) is 1.48. The van der Waals surface area contributed by atoms with E-state index in [1.165, 1.54) is 0 Å².